The Kier molecular flexibility index (Phi) is 7.02. The Balaban J connectivity index is 1.55. The fourth-order valence-corrected chi connectivity index (χ4v) is 3.75. The molecule has 2 atom stereocenters. The zero-order chi connectivity index (χ0) is 22.4. The van der Waals surface area contributed by atoms with Crippen molar-refractivity contribution in [2.75, 3.05) is 5.32 Å². The highest BCUT2D eigenvalue weighted by Crippen LogP contribution is 2.30. The van der Waals surface area contributed by atoms with Gasteiger partial charge >= 0.3 is 5.97 Å². The molecule has 0 bridgehead atoms. The average Bonchev–Trinajstić information content (AvgIpc) is 2.78. The van der Waals surface area contributed by atoms with Crippen LogP contribution in [0.1, 0.15) is 52.0 Å². The first kappa shape index (κ1) is 22.0. The third-order valence-electron chi connectivity index (χ3n) is 5.51. The summed E-state index contributed by atoms with van der Waals surface area (Å²) in [4.78, 5) is 48.4. The summed E-state index contributed by atoms with van der Waals surface area (Å²) in [5.41, 5.74) is 6.90. The van der Waals surface area contributed by atoms with Crippen molar-refractivity contribution >= 4 is 29.4 Å². The van der Waals surface area contributed by atoms with Gasteiger partial charge in [-0.15, -0.1) is 0 Å². The van der Waals surface area contributed by atoms with E-state index in [0.717, 1.165) is 18.4 Å². The Morgan fingerprint density at radius 1 is 0.839 bits per heavy atom. The van der Waals surface area contributed by atoms with Gasteiger partial charge in [-0.05, 0) is 55.7 Å². The fourth-order valence-electron chi connectivity index (χ4n) is 3.75. The highest BCUT2D eigenvalue weighted by molar-refractivity contribution is 6.05. The van der Waals surface area contributed by atoms with Crippen molar-refractivity contribution in [1.29, 1.82) is 0 Å². The van der Waals surface area contributed by atoms with Gasteiger partial charge < -0.3 is 10.4 Å². The largest absolute Gasteiger partial charge is 0.481 e. The van der Waals surface area contributed by atoms with Crippen LogP contribution in [-0.2, 0) is 9.59 Å². The first-order chi connectivity index (χ1) is 14.9. The number of hydrogen-bond acceptors (Lipinski definition) is 4. The van der Waals surface area contributed by atoms with Crippen LogP contribution in [0.5, 0.6) is 0 Å². The van der Waals surface area contributed by atoms with Gasteiger partial charge in [-0.2, -0.15) is 0 Å². The standard InChI is InChI=1S/C23H25N3O5/c1-14-6-2-3-7-17(14)21(28)24-16-12-10-15(11-13-16)20(27)25-26-22(29)18-8-4-5-9-19(18)23(30)31/h2-3,6-7,10-13,18-19H,4-5,8-9H2,1H3,(H,24,28)(H,25,27)(H,26,29)(H,30,31)/t18-,19-/m1/s1. The number of amides is 3. The smallest absolute Gasteiger partial charge is 0.307 e. The van der Waals surface area contributed by atoms with Crippen molar-refractivity contribution in [2.45, 2.75) is 32.6 Å². The molecule has 2 aromatic rings. The number of carbonyl (C=O) groups is 4. The maximum absolute atomic E-state index is 12.4. The van der Waals surface area contributed by atoms with E-state index in [0.29, 0.717) is 24.1 Å². The van der Waals surface area contributed by atoms with Crippen LogP contribution < -0.4 is 16.2 Å². The summed E-state index contributed by atoms with van der Waals surface area (Å²) in [6.07, 6.45) is 2.50. The molecule has 0 spiro atoms. The molecule has 31 heavy (non-hydrogen) atoms. The van der Waals surface area contributed by atoms with Gasteiger partial charge in [0.15, 0.2) is 0 Å². The van der Waals surface area contributed by atoms with Gasteiger partial charge in [-0.1, -0.05) is 31.0 Å². The van der Waals surface area contributed by atoms with E-state index in [1.807, 2.05) is 19.1 Å². The van der Waals surface area contributed by atoms with Gasteiger partial charge in [-0.25, -0.2) is 0 Å². The monoisotopic (exact) mass is 423 g/mol. The van der Waals surface area contributed by atoms with Gasteiger partial charge in [0.05, 0.1) is 11.8 Å². The molecule has 1 aliphatic rings. The number of carbonyl (C=O) groups excluding carboxylic acids is 3. The quantitative estimate of drug-likeness (QED) is 0.551. The van der Waals surface area contributed by atoms with Crippen LogP contribution in [0.4, 0.5) is 5.69 Å². The summed E-state index contributed by atoms with van der Waals surface area (Å²) >= 11 is 0. The van der Waals surface area contributed by atoms with Gasteiger partial charge in [0.25, 0.3) is 11.8 Å². The second kappa shape index (κ2) is 9.88. The van der Waals surface area contributed by atoms with Crippen molar-refractivity contribution in [3.05, 3.63) is 65.2 Å². The Hall–Kier alpha value is -3.68. The van der Waals surface area contributed by atoms with Crippen LogP contribution in [-0.4, -0.2) is 28.8 Å². The van der Waals surface area contributed by atoms with Crippen LogP contribution in [0.3, 0.4) is 0 Å². The molecule has 3 amide bonds. The lowest BCUT2D eigenvalue weighted by Gasteiger charge is -2.27. The van der Waals surface area contributed by atoms with Crippen LogP contribution in [0.15, 0.2) is 48.5 Å². The van der Waals surface area contributed by atoms with Crippen molar-refractivity contribution in [2.24, 2.45) is 11.8 Å². The van der Waals surface area contributed by atoms with E-state index in [1.165, 1.54) is 12.1 Å². The predicted molar refractivity (Wildman–Crippen MR) is 114 cm³/mol. The van der Waals surface area contributed by atoms with Crippen LogP contribution in [0.25, 0.3) is 0 Å². The highest BCUT2D eigenvalue weighted by Gasteiger charge is 2.35. The lowest BCUT2D eigenvalue weighted by Crippen LogP contribution is -2.47. The summed E-state index contributed by atoms with van der Waals surface area (Å²) < 4.78 is 0. The molecule has 0 heterocycles. The Morgan fingerprint density at radius 3 is 2.13 bits per heavy atom. The van der Waals surface area contributed by atoms with E-state index in [2.05, 4.69) is 16.2 Å². The SMILES string of the molecule is Cc1ccccc1C(=O)Nc1ccc(C(=O)NNC(=O)[C@@H]2CCCC[C@H]2C(=O)O)cc1. The fraction of sp³-hybridized carbons (Fsp3) is 0.304. The summed E-state index contributed by atoms with van der Waals surface area (Å²) in [6, 6.07) is 13.5. The van der Waals surface area contributed by atoms with Crippen LogP contribution in [0.2, 0.25) is 0 Å². The minimum Gasteiger partial charge on any atom is -0.481 e. The number of anilines is 1. The molecule has 0 unspecified atom stereocenters. The zero-order valence-electron chi connectivity index (χ0n) is 17.2. The van der Waals surface area contributed by atoms with E-state index in [4.69, 9.17) is 0 Å². The third-order valence-corrected chi connectivity index (χ3v) is 5.51. The molecule has 0 aromatic heterocycles. The number of rotatable bonds is 5. The number of aliphatic carboxylic acids is 1. The molecule has 8 nitrogen and oxygen atoms in total. The molecule has 1 saturated carbocycles. The molecule has 4 N–H and O–H groups in total. The molecule has 0 saturated heterocycles. The predicted octanol–water partition coefficient (Wildman–Crippen LogP) is 2.90. The number of nitrogens with one attached hydrogen (secondary N) is 3. The normalized spacial score (nSPS) is 18.0. The summed E-state index contributed by atoms with van der Waals surface area (Å²) in [6.45, 7) is 1.85. The maximum Gasteiger partial charge on any atom is 0.307 e. The van der Waals surface area contributed by atoms with E-state index >= 15 is 0 Å². The molecule has 3 rings (SSSR count). The van der Waals surface area contributed by atoms with Gasteiger partial charge in [-0.3, -0.25) is 30.0 Å². The molecule has 1 fully saturated rings. The summed E-state index contributed by atoms with van der Waals surface area (Å²) in [7, 11) is 0. The highest BCUT2D eigenvalue weighted by atomic mass is 16.4. The Labute approximate surface area is 180 Å². The van der Waals surface area contributed by atoms with Gasteiger partial charge in [0, 0.05) is 16.8 Å². The van der Waals surface area contributed by atoms with Crippen molar-refractivity contribution in [1.82, 2.24) is 10.9 Å². The first-order valence-corrected chi connectivity index (χ1v) is 10.2. The average molecular weight is 423 g/mol. The van der Waals surface area contributed by atoms with E-state index in [9.17, 15) is 24.3 Å². The lowest BCUT2D eigenvalue weighted by atomic mass is 9.79. The second-order valence-electron chi connectivity index (χ2n) is 7.63. The van der Waals surface area contributed by atoms with Crippen LogP contribution >= 0.6 is 0 Å². The Bertz CT molecular complexity index is 987. The van der Waals surface area contributed by atoms with Gasteiger partial charge in [0.1, 0.15) is 0 Å². The molecule has 162 valence electrons. The summed E-state index contributed by atoms with van der Waals surface area (Å²) in [5.74, 6) is -3.67. The maximum atomic E-state index is 12.4. The van der Waals surface area contributed by atoms with Crippen molar-refractivity contribution in [3.8, 4) is 0 Å². The van der Waals surface area contributed by atoms with Crippen molar-refractivity contribution < 1.29 is 24.3 Å². The second-order valence-corrected chi connectivity index (χ2v) is 7.63. The molecule has 0 aliphatic heterocycles. The minimum atomic E-state index is -0.991. The number of benzene rings is 2. The molecule has 8 heteroatoms. The topological polar surface area (TPSA) is 125 Å². The molecule has 2 aromatic carbocycles. The Morgan fingerprint density at radius 2 is 1.48 bits per heavy atom. The molecule has 1 aliphatic carbocycles. The summed E-state index contributed by atoms with van der Waals surface area (Å²) in [5, 5.41) is 12.1. The number of aryl methyl sites for hydroxylation is 1. The molecular weight excluding hydrogens is 398 g/mol. The number of hydrogen-bond donors (Lipinski definition) is 4. The number of carboxylic acid groups (broad SMARTS) is 1. The lowest BCUT2D eigenvalue weighted by molar-refractivity contribution is -0.149. The van der Waals surface area contributed by atoms with E-state index < -0.39 is 29.6 Å². The van der Waals surface area contributed by atoms with Gasteiger partial charge in [0.2, 0.25) is 5.91 Å². The number of hydrazine groups is 1. The molecular formula is C23H25N3O5. The number of carboxylic acids is 1. The minimum absolute atomic E-state index is 0.247. The van der Waals surface area contributed by atoms with E-state index in [1.54, 1.807) is 24.3 Å². The third kappa shape index (κ3) is 5.48. The first-order valence-electron chi connectivity index (χ1n) is 10.2. The van der Waals surface area contributed by atoms with E-state index in [-0.39, 0.29) is 11.5 Å². The zero-order valence-corrected chi connectivity index (χ0v) is 17.2. The molecule has 0 radical (unpaired) electrons. The van der Waals surface area contributed by atoms with Crippen LogP contribution in [0, 0.1) is 18.8 Å². The van der Waals surface area contributed by atoms with Crippen molar-refractivity contribution in [3.63, 3.8) is 0 Å².